The zero-order chi connectivity index (χ0) is 8.15. The van der Waals surface area contributed by atoms with Gasteiger partial charge >= 0.3 is 0 Å². The number of hydrogen-bond donors (Lipinski definition) is 1. The summed E-state index contributed by atoms with van der Waals surface area (Å²) in [6.07, 6.45) is 2.52. The van der Waals surface area contributed by atoms with E-state index in [2.05, 4.69) is 6.58 Å². The summed E-state index contributed by atoms with van der Waals surface area (Å²) in [4.78, 5) is 10.6. The van der Waals surface area contributed by atoms with E-state index in [1.165, 1.54) is 6.92 Å². The van der Waals surface area contributed by atoms with Gasteiger partial charge in [0.25, 0.3) is 0 Å². The van der Waals surface area contributed by atoms with Crippen molar-refractivity contribution < 1.29 is 4.79 Å². The van der Waals surface area contributed by atoms with Crippen molar-refractivity contribution in [3.8, 4) is 0 Å². The minimum absolute atomic E-state index is 0.0497. The van der Waals surface area contributed by atoms with Crippen molar-refractivity contribution in [1.29, 1.82) is 0 Å². The van der Waals surface area contributed by atoms with Crippen LogP contribution in [0.25, 0.3) is 0 Å². The number of carbonyl (C=O) groups excluding carboxylic acids is 1. The van der Waals surface area contributed by atoms with Crippen LogP contribution in [-0.2, 0) is 4.79 Å². The summed E-state index contributed by atoms with van der Waals surface area (Å²) in [5.74, 6) is 0.382. The minimum Gasteiger partial charge on any atom is -0.322 e. The molecule has 2 heteroatoms. The first-order chi connectivity index (χ1) is 4.57. The maximum Gasteiger partial charge on any atom is 0.146 e. The fourth-order valence-electron chi connectivity index (χ4n) is 0.663. The smallest absolute Gasteiger partial charge is 0.146 e. The Bertz CT molecular complexity index is 131. The van der Waals surface area contributed by atoms with Crippen LogP contribution in [0.1, 0.15) is 20.3 Å². The molecule has 0 aromatic carbocycles. The Balaban J connectivity index is 3.67. The van der Waals surface area contributed by atoms with Crippen LogP contribution in [0.5, 0.6) is 0 Å². The largest absolute Gasteiger partial charge is 0.322 e. The number of allylic oxidation sites excluding steroid dienone is 1. The Kier molecular flexibility index (Phi) is 3.96. The monoisotopic (exact) mass is 141 g/mol. The lowest BCUT2D eigenvalue weighted by atomic mass is 10.0. The molecule has 0 aliphatic carbocycles. The van der Waals surface area contributed by atoms with Gasteiger partial charge in [0.1, 0.15) is 5.78 Å². The Morgan fingerprint density at radius 1 is 1.80 bits per heavy atom. The highest BCUT2D eigenvalue weighted by Gasteiger charge is 2.09. The second kappa shape index (κ2) is 4.23. The Morgan fingerprint density at radius 2 is 2.30 bits per heavy atom. The van der Waals surface area contributed by atoms with Crippen LogP contribution in [0.2, 0.25) is 0 Å². The van der Waals surface area contributed by atoms with Crippen LogP contribution in [0.4, 0.5) is 0 Å². The fourth-order valence-corrected chi connectivity index (χ4v) is 0.663. The molecule has 10 heavy (non-hydrogen) atoms. The van der Waals surface area contributed by atoms with Crippen LogP contribution < -0.4 is 5.73 Å². The first-order valence-electron chi connectivity index (χ1n) is 3.46. The molecule has 0 amide bonds. The summed E-state index contributed by atoms with van der Waals surface area (Å²) >= 11 is 0. The van der Waals surface area contributed by atoms with E-state index in [1.807, 2.05) is 13.0 Å². The maximum atomic E-state index is 10.6. The van der Waals surface area contributed by atoms with Gasteiger partial charge in [-0.15, -0.1) is 6.58 Å². The summed E-state index contributed by atoms with van der Waals surface area (Å²) in [5.41, 5.74) is 5.50. The molecule has 0 aliphatic heterocycles. The maximum absolute atomic E-state index is 10.6. The summed E-state index contributed by atoms with van der Waals surface area (Å²) in [5, 5.41) is 0. The summed E-state index contributed by atoms with van der Waals surface area (Å²) in [6, 6.07) is -0.312. The van der Waals surface area contributed by atoms with Crippen LogP contribution >= 0.6 is 0 Å². The first-order valence-corrected chi connectivity index (χ1v) is 3.46. The molecule has 2 N–H and O–H groups in total. The molecule has 0 bridgehead atoms. The molecular formula is C8H15NO. The number of ketones is 1. The third-order valence-corrected chi connectivity index (χ3v) is 1.55. The standard InChI is InChI=1S/C8H15NO/c1-4-6(2)5-8(9)7(3)10/h4,6,8H,1,5,9H2,2-3H3/t6?,8-/m1/s1. The predicted octanol–water partition coefficient (Wildman–Crippen LogP) is 1.11. The molecule has 0 heterocycles. The van der Waals surface area contributed by atoms with Gasteiger partial charge in [0.2, 0.25) is 0 Å². The van der Waals surface area contributed by atoms with E-state index in [9.17, 15) is 4.79 Å². The molecule has 0 fully saturated rings. The van der Waals surface area contributed by atoms with Gasteiger partial charge in [-0.05, 0) is 19.3 Å². The number of nitrogens with two attached hydrogens (primary N) is 1. The van der Waals surface area contributed by atoms with Gasteiger partial charge in [-0.2, -0.15) is 0 Å². The van der Waals surface area contributed by atoms with E-state index in [0.717, 1.165) is 0 Å². The van der Waals surface area contributed by atoms with Gasteiger partial charge in [-0.25, -0.2) is 0 Å². The first kappa shape index (κ1) is 9.37. The van der Waals surface area contributed by atoms with E-state index in [4.69, 9.17) is 5.73 Å². The van der Waals surface area contributed by atoms with E-state index >= 15 is 0 Å². The molecule has 0 spiro atoms. The lowest BCUT2D eigenvalue weighted by Crippen LogP contribution is -2.29. The van der Waals surface area contributed by atoms with E-state index in [-0.39, 0.29) is 11.8 Å². The van der Waals surface area contributed by atoms with Crippen LogP contribution in [0.3, 0.4) is 0 Å². The number of carbonyl (C=O) groups is 1. The molecule has 0 aliphatic rings. The lowest BCUT2D eigenvalue weighted by Gasteiger charge is -2.10. The predicted molar refractivity (Wildman–Crippen MR) is 42.6 cm³/mol. The third-order valence-electron chi connectivity index (χ3n) is 1.55. The molecule has 0 saturated heterocycles. The summed E-state index contributed by atoms with van der Waals surface area (Å²) < 4.78 is 0. The van der Waals surface area contributed by atoms with Gasteiger partial charge in [0.15, 0.2) is 0 Å². The van der Waals surface area contributed by atoms with Gasteiger partial charge in [-0.3, -0.25) is 4.79 Å². The molecule has 2 atom stereocenters. The normalized spacial score (nSPS) is 15.9. The molecule has 0 aromatic heterocycles. The second-order valence-corrected chi connectivity index (χ2v) is 2.67. The zero-order valence-corrected chi connectivity index (χ0v) is 6.63. The molecule has 1 unspecified atom stereocenters. The van der Waals surface area contributed by atoms with E-state index in [0.29, 0.717) is 12.3 Å². The highest BCUT2D eigenvalue weighted by molar-refractivity contribution is 5.81. The lowest BCUT2D eigenvalue weighted by molar-refractivity contribution is -0.118. The minimum atomic E-state index is -0.312. The van der Waals surface area contributed by atoms with Gasteiger partial charge < -0.3 is 5.73 Å². The highest BCUT2D eigenvalue weighted by atomic mass is 16.1. The Hall–Kier alpha value is -0.630. The quantitative estimate of drug-likeness (QED) is 0.596. The Labute approximate surface area is 62.1 Å². The van der Waals surface area contributed by atoms with Crippen molar-refractivity contribution in [2.75, 3.05) is 0 Å². The number of hydrogen-bond acceptors (Lipinski definition) is 2. The molecule has 2 nitrogen and oxygen atoms in total. The molecule has 0 saturated carbocycles. The van der Waals surface area contributed by atoms with Crippen molar-refractivity contribution in [3.63, 3.8) is 0 Å². The highest BCUT2D eigenvalue weighted by Crippen LogP contribution is 2.05. The molecule has 58 valence electrons. The van der Waals surface area contributed by atoms with Crippen LogP contribution in [0, 0.1) is 5.92 Å². The average molecular weight is 141 g/mol. The summed E-state index contributed by atoms with van der Waals surface area (Å²) in [6.45, 7) is 7.12. The number of Topliss-reactive ketones (excluding diaryl/α,β-unsaturated/α-hetero) is 1. The second-order valence-electron chi connectivity index (χ2n) is 2.67. The van der Waals surface area contributed by atoms with Crippen molar-refractivity contribution in [1.82, 2.24) is 0 Å². The van der Waals surface area contributed by atoms with E-state index < -0.39 is 0 Å². The van der Waals surface area contributed by atoms with Crippen molar-refractivity contribution >= 4 is 5.78 Å². The van der Waals surface area contributed by atoms with Crippen LogP contribution in [-0.4, -0.2) is 11.8 Å². The zero-order valence-electron chi connectivity index (χ0n) is 6.63. The summed E-state index contributed by atoms with van der Waals surface area (Å²) in [7, 11) is 0. The number of rotatable bonds is 4. The van der Waals surface area contributed by atoms with Crippen molar-refractivity contribution in [3.05, 3.63) is 12.7 Å². The van der Waals surface area contributed by atoms with Gasteiger partial charge in [0, 0.05) is 0 Å². The van der Waals surface area contributed by atoms with Crippen LogP contribution in [0.15, 0.2) is 12.7 Å². The average Bonchev–Trinajstić information content (AvgIpc) is 1.87. The Morgan fingerprint density at radius 3 is 2.60 bits per heavy atom. The van der Waals surface area contributed by atoms with Gasteiger partial charge in [-0.1, -0.05) is 13.0 Å². The third kappa shape index (κ3) is 3.41. The van der Waals surface area contributed by atoms with Crippen molar-refractivity contribution in [2.45, 2.75) is 26.3 Å². The molecule has 0 radical (unpaired) electrons. The SMILES string of the molecule is C=CC(C)C[C@@H](N)C(C)=O. The van der Waals surface area contributed by atoms with E-state index in [1.54, 1.807) is 0 Å². The van der Waals surface area contributed by atoms with Crippen molar-refractivity contribution in [2.24, 2.45) is 11.7 Å². The molecular weight excluding hydrogens is 126 g/mol. The topological polar surface area (TPSA) is 43.1 Å². The fraction of sp³-hybridized carbons (Fsp3) is 0.625. The molecule has 0 rings (SSSR count). The molecule has 0 aromatic rings. The van der Waals surface area contributed by atoms with Gasteiger partial charge in [0.05, 0.1) is 6.04 Å².